The van der Waals surface area contributed by atoms with Crippen LogP contribution in [-0.4, -0.2) is 5.91 Å². The Morgan fingerprint density at radius 1 is 0.905 bits per heavy atom. The van der Waals surface area contributed by atoms with E-state index in [0.717, 1.165) is 0 Å². The van der Waals surface area contributed by atoms with Gasteiger partial charge in [0.15, 0.2) is 0 Å². The van der Waals surface area contributed by atoms with Crippen LogP contribution < -0.4 is 5.73 Å². The Labute approximate surface area is 116 Å². The van der Waals surface area contributed by atoms with E-state index in [1.165, 1.54) is 0 Å². The van der Waals surface area contributed by atoms with Crippen LogP contribution in [0.2, 0.25) is 0 Å². The number of primary amides is 1. The van der Waals surface area contributed by atoms with E-state index in [0.29, 0.717) is 18.6 Å². The first-order chi connectivity index (χ1) is 9.50. The molecular weight excluding hydrogens is 300 g/mol. The highest BCUT2D eigenvalue weighted by molar-refractivity contribution is 5.73. The lowest BCUT2D eigenvalue weighted by atomic mass is 10.0. The molecule has 1 amide bonds. The van der Waals surface area contributed by atoms with Gasteiger partial charge in [0.2, 0.25) is 5.91 Å². The lowest BCUT2D eigenvalue weighted by molar-refractivity contribution is -0.143. The minimum absolute atomic E-state index is 0.0142. The molecule has 0 radical (unpaired) electrons. The second-order valence-corrected chi connectivity index (χ2v) is 4.59. The molecule has 2 N–H and O–H groups in total. The molecule has 0 aliphatic rings. The van der Waals surface area contributed by atoms with Crippen molar-refractivity contribution in [3.05, 3.63) is 34.9 Å². The standard InChI is InChI=1S/C13H13F6NO/c14-12(15,16)9-5-8(3-1-2-4-11(20)21)6-10(7-9)13(17,18)19/h5-7H,1-4H2,(H2,20,21). The molecule has 0 aliphatic heterocycles. The minimum atomic E-state index is -4.84. The molecule has 1 aromatic carbocycles. The summed E-state index contributed by atoms with van der Waals surface area (Å²) in [6.45, 7) is 0. The van der Waals surface area contributed by atoms with Crippen molar-refractivity contribution >= 4 is 5.91 Å². The van der Waals surface area contributed by atoms with E-state index in [-0.39, 0.29) is 30.9 Å². The van der Waals surface area contributed by atoms with Gasteiger partial charge in [0, 0.05) is 6.42 Å². The fraction of sp³-hybridized carbons (Fsp3) is 0.462. The summed E-state index contributed by atoms with van der Waals surface area (Å²) in [7, 11) is 0. The maximum Gasteiger partial charge on any atom is 0.416 e. The van der Waals surface area contributed by atoms with E-state index in [2.05, 4.69) is 0 Å². The molecule has 0 atom stereocenters. The van der Waals surface area contributed by atoms with Crippen molar-refractivity contribution in [3.63, 3.8) is 0 Å². The molecule has 0 aliphatic carbocycles. The maximum absolute atomic E-state index is 12.6. The van der Waals surface area contributed by atoms with Gasteiger partial charge in [0.05, 0.1) is 11.1 Å². The Morgan fingerprint density at radius 3 is 1.76 bits per heavy atom. The van der Waals surface area contributed by atoms with Gasteiger partial charge < -0.3 is 5.73 Å². The number of benzene rings is 1. The highest BCUT2D eigenvalue weighted by Crippen LogP contribution is 2.36. The second kappa shape index (κ2) is 6.36. The minimum Gasteiger partial charge on any atom is -0.370 e. The highest BCUT2D eigenvalue weighted by atomic mass is 19.4. The number of unbranched alkanes of at least 4 members (excludes halogenated alkanes) is 1. The van der Waals surface area contributed by atoms with Crippen LogP contribution in [0.3, 0.4) is 0 Å². The number of nitrogens with two attached hydrogens (primary N) is 1. The van der Waals surface area contributed by atoms with Crippen LogP contribution in [0.1, 0.15) is 36.0 Å². The molecular formula is C13H13F6NO. The van der Waals surface area contributed by atoms with Crippen LogP contribution in [0.15, 0.2) is 18.2 Å². The van der Waals surface area contributed by atoms with Crippen LogP contribution in [0.25, 0.3) is 0 Å². The van der Waals surface area contributed by atoms with Gasteiger partial charge in [-0.25, -0.2) is 0 Å². The molecule has 1 aromatic rings. The molecule has 1 rings (SSSR count). The van der Waals surface area contributed by atoms with Gasteiger partial charge in [0.1, 0.15) is 0 Å². The first kappa shape index (κ1) is 17.3. The number of carbonyl (C=O) groups is 1. The zero-order valence-electron chi connectivity index (χ0n) is 10.8. The largest absolute Gasteiger partial charge is 0.416 e. The van der Waals surface area contributed by atoms with Crippen LogP contribution >= 0.6 is 0 Å². The van der Waals surface area contributed by atoms with Crippen LogP contribution in [0, 0.1) is 0 Å². The van der Waals surface area contributed by atoms with E-state index in [9.17, 15) is 31.1 Å². The van der Waals surface area contributed by atoms with Crippen molar-refractivity contribution in [2.45, 2.75) is 38.0 Å². The Kier molecular flexibility index (Phi) is 5.25. The Balaban J connectivity index is 2.95. The first-order valence-corrected chi connectivity index (χ1v) is 6.07. The molecule has 0 unspecified atom stereocenters. The van der Waals surface area contributed by atoms with E-state index >= 15 is 0 Å². The van der Waals surface area contributed by atoms with Crippen molar-refractivity contribution in [1.82, 2.24) is 0 Å². The Bertz CT molecular complexity index is 474. The van der Waals surface area contributed by atoms with Gasteiger partial charge >= 0.3 is 12.4 Å². The SMILES string of the molecule is NC(=O)CCCCc1cc(C(F)(F)F)cc(C(F)(F)F)c1. The average molecular weight is 313 g/mol. The number of hydrogen-bond acceptors (Lipinski definition) is 1. The molecule has 0 saturated carbocycles. The summed E-state index contributed by atoms with van der Waals surface area (Å²) < 4.78 is 75.6. The second-order valence-electron chi connectivity index (χ2n) is 4.59. The molecule has 0 saturated heterocycles. The lowest BCUT2D eigenvalue weighted by Gasteiger charge is -2.14. The number of aryl methyl sites for hydroxylation is 1. The van der Waals surface area contributed by atoms with Crippen molar-refractivity contribution in [2.24, 2.45) is 5.73 Å². The molecule has 118 valence electrons. The topological polar surface area (TPSA) is 43.1 Å². The predicted molar refractivity (Wildman–Crippen MR) is 63.2 cm³/mol. The Morgan fingerprint density at radius 2 is 1.38 bits per heavy atom. The normalized spacial score (nSPS) is 12.5. The quantitative estimate of drug-likeness (QED) is 0.650. The number of halogens is 6. The van der Waals surface area contributed by atoms with Gasteiger partial charge in [-0.05, 0) is 43.0 Å². The highest BCUT2D eigenvalue weighted by Gasteiger charge is 2.36. The van der Waals surface area contributed by atoms with Crippen molar-refractivity contribution in [2.75, 3.05) is 0 Å². The first-order valence-electron chi connectivity index (χ1n) is 6.07. The van der Waals surface area contributed by atoms with E-state index in [4.69, 9.17) is 5.73 Å². The summed E-state index contributed by atoms with van der Waals surface area (Å²) >= 11 is 0. The molecule has 0 aromatic heterocycles. The van der Waals surface area contributed by atoms with Crippen LogP contribution in [0.5, 0.6) is 0 Å². The number of carbonyl (C=O) groups excluding carboxylic acids is 1. The van der Waals surface area contributed by atoms with Crippen LogP contribution in [-0.2, 0) is 23.6 Å². The monoisotopic (exact) mass is 313 g/mol. The van der Waals surface area contributed by atoms with E-state index < -0.39 is 29.4 Å². The zero-order valence-corrected chi connectivity index (χ0v) is 10.8. The molecule has 0 spiro atoms. The molecule has 0 fully saturated rings. The van der Waals surface area contributed by atoms with Crippen molar-refractivity contribution < 1.29 is 31.1 Å². The molecule has 8 heteroatoms. The summed E-state index contributed by atoms with van der Waals surface area (Å²) in [5.74, 6) is -0.560. The van der Waals surface area contributed by atoms with E-state index in [1.807, 2.05) is 0 Å². The third-order valence-electron chi connectivity index (χ3n) is 2.79. The molecule has 0 bridgehead atoms. The van der Waals surface area contributed by atoms with Gasteiger partial charge in [-0.3, -0.25) is 4.79 Å². The molecule has 21 heavy (non-hydrogen) atoms. The van der Waals surface area contributed by atoms with Crippen LogP contribution in [0.4, 0.5) is 26.3 Å². The Hall–Kier alpha value is -1.73. The van der Waals surface area contributed by atoms with Gasteiger partial charge in [-0.15, -0.1) is 0 Å². The maximum atomic E-state index is 12.6. The summed E-state index contributed by atoms with van der Waals surface area (Å²) in [6.07, 6.45) is -9.04. The summed E-state index contributed by atoms with van der Waals surface area (Å²) in [4.78, 5) is 10.5. The van der Waals surface area contributed by atoms with Gasteiger partial charge in [0.25, 0.3) is 0 Å². The average Bonchev–Trinajstić information content (AvgIpc) is 2.32. The number of rotatable bonds is 5. The number of alkyl halides is 6. The number of hydrogen-bond donors (Lipinski definition) is 1. The lowest BCUT2D eigenvalue weighted by Crippen LogP contribution is -2.12. The smallest absolute Gasteiger partial charge is 0.370 e. The predicted octanol–water partition coefficient (Wildman–Crippen LogP) is 3.92. The third-order valence-corrected chi connectivity index (χ3v) is 2.79. The van der Waals surface area contributed by atoms with Gasteiger partial charge in [-0.1, -0.05) is 0 Å². The van der Waals surface area contributed by atoms with Gasteiger partial charge in [-0.2, -0.15) is 26.3 Å². The molecule has 2 nitrogen and oxygen atoms in total. The third kappa shape index (κ3) is 5.65. The summed E-state index contributed by atoms with van der Waals surface area (Å²) in [5, 5.41) is 0. The summed E-state index contributed by atoms with van der Waals surface area (Å²) in [6, 6.07) is 1.48. The summed E-state index contributed by atoms with van der Waals surface area (Å²) in [5.41, 5.74) is 2.17. The van der Waals surface area contributed by atoms with Crippen molar-refractivity contribution in [1.29, 1.82) is 0 Å². The molecule has 0 heterocycles. The van der Waals surface area contributed by atoms with Crippen molar-refractivity contribution in [3.8, 4) is 0 Å². The fourth-order valence-electron chi connectivity index (χ4n) is 1.79. The number of amides is 1. The van der Waals surface area contributed by atoms with E-state index in [1.54, 1.807) is 0 Å². The fourth-order valence-corrected chi connectivity index (χ4v) is 1.79. The zero-order chi connectivity index (χ0) is 16.3.